The Kier molecular flexibility index (Phi) is 6.28. The van der Waals surface area contributed by atoms with E-state index in [0.717, 1.165) is 12.8 Å². The number of nitrogens with zero attached hydrogens (tertiary/aromatic N) is 2. The lowest BCUT2D eigenvalue weighted by atomic mass is 10.0. The van der Waals surface area contributed by atoms with E-state index in [1.54, 1.807) is 36.9 Å². The van der Waals surface area contributed by atoms with Gasteiger partial charge >= 0.3 is 5.91 Å². The van der Waals surface area contributed by atoms with Crippen LogP contribution in [0.2, 0.25) is 0 Å². The molecule has 27 heavy (non-hydrogen) atoms. The molecule has 7 nitrogen and oxygen atoms in total. The van der Waals surface area contributed by atoms with Crippen molar-refractivity contribution in [2.75, 3.05) is 0 Å². The fraction of sp³-hybridized carbons (Fsp3) is 0.368. The largest absolute Gasteiger partial charge is 0.459 e. The van der Waals surface area contributed by atoms with Crippen LogP contribution >= 0.6 is 11.8 Å². The van der Waals surface area contributed by atoms with Crippen molar-refractivity contribution in [1.29, 1.82) is 0 Å². The minimum absolute atomic E-state index is 0.0720. The summed E-state index contributed by atoms with van der Waals surface area (Å²) < 4.78 is 5.09. The van der Waals surface area contributed by atoms with Crippen LogP contribution in [0.3, 0.4) is 0 Å². The maximum atomic E-state index is 11.9. The minimum atomic E-state index is -0.465. The molecule has 1 aliphatic carbocycles. The van der Waals surface area contributed by atoms with Gasteiger partial charge in [-0.05, 0) is 31.9 Å². The van der Waals surface area contributed by atoms with Gasteiger partial charge in [0.1, 0.15) is 0 Å². The summed E-state index contributed by atoms with van der Waals surface area (Å²) in [5.41, 5.74) is 3.69. The molecule has 1 aromatic heterocycles. The summed E-state index contributed by atoms with van der Waals surface area (Å²) in [5, 5.41) is 15.8. The predicted octanol–water partition coefficient (Wildman–Crippen LogP) is 4.68. The second-order valence-electron chi connectivity index (χ2n) is 6.49. The molecule has 142 valence electrons. The zero-order valence-electron chi connectivity index (χ0n) is 15.0. The summed E-state index contributed by atoms with van der Waals surface area (Å²) in [6.07, 6.45) is 8.64. The lowest BCUT2D eigenvalue weighted by Crippen LogP contribution is -2.17. The first kappa shape index (κ1) is 19.2. The Morgan fingerprint density at radius 2 is 2.11 bits per heavy atom. The SMILES string of the molecule is Cc1ccoc1C(=O)N/N=C\c1ccc(SC2CCCCC2)c([N+](=O)[O-])c1. The number of amides is 1. The molecule has 1 amide bonds. The molecule has 0 saturated heterocycles. The van der Waals surface area contributed by atoms with E-state index in [9.17, 15) is 14.9 Å². The Labute approximate surface area is 161 Å². The molecule has 3 rings (SSSR count). The first-order valence-electron chi connectivity index (χ1n) is 8.87. The highest BCUT2D eigenvalue weighted by Crippen LogP contribution is 2.38. The van der Waals surface area contributed by atoms with Crippen molar-refractivity contribution in [2.24, 2.45) is 5.10 Å². The third kappa shape index (κ3) is 4.97. The van der Waals surface area contributed by atoms with Gasteiger partial charge in [-0.1, -0.05) is 25.3 Å². The van der Waals surface area contributed by atoms with Crippen molar-refractivity contribution in [3.63, 3.8) is 0 Å². The van der Waals surface area contributed by atoms with Crippen molar-refractivity contribution >= 4 is 29.6 Å². The molecule has 1 N–H and O–H groups in total. The summed E-state index contributed by atoms with van der Waals surface area (Å²) in [4.78, 5) is 23.7. The summed E-state index contributed by atoms with van der Waals surface area (Å²) in [7, 11) is 0. The highest BCUT2D eigenvalue weighted by Gasteiger charge is 2.21. The standard InChI is InChI=1S/C19H21N3O4S/c1-13-9-10-26-18(13)19(23)21-20-12-14-7-8-17(16(11-14)22(24)25)27-15-5-3-2-4-6-15/h7-12,15H,2-6H2,1H3,(H,21,23)/b20-12-. The van der Waals surface area contributed by atoms with Crippen LogP contribution in [0.15, 0.2) is 44.9 Å². The molecular weight excluding hydrogens is 366 g/mol. The summed E-state index contributed by atoms with van der Waals surface area (Å²) in [6, 6.07) is 6.70. The van der Waals surface area contributed by atoms with Crippen molar-refractivity contribution in [2.45, 2.75) is 49.2 Å². The number of rotatable bonds is 6. The van der Waals surface area contributed by atoms with Gasteiger partial charge in [-0.25, -0.2) is 5.43 Å². The first-order valence-corrected chi connectivity index (χ1v) is 9.75. The van der Waals surface area contributed by atoms with Crippen molar-refractivity contribution in [3.8, 4) is 0 Å². The smallest absolute Gasteiger partial charge is 0.307 e. The van der Waals surface area contributed by atoms with Gasteiger partial charge in [-0.3, -0.25) is 14.9 Å². The second kappa shape index (κ2) is 8.85. The Morgan fingerprint density at radius 3 is 2.78 bits per heavy atom. The highest BCUT2D eigenvalue weighted by atomic mass is 32.2. The number of hydrogen-bond donors (Lipinski definition) is 1. The summed E-state index contributed by atoms with van der Waals surface area (Å²) in [5.74, 6) is -0.273. The summed E-state index contributed by atoms with van der Waals surface area (Å²) >= 11 is 1.59. The molecule has 1 saturated carbocycles. The van der Waals surface area contributed by atoms with Crippen LogP contribution in [-0.2, 0) is 0 Å². The van der Waals surface area contributed by atoms with Gasteiger partial charge in [-0.15, -0.1) is 11.8 Å². The molecule has 0 aliphatic heterocycles. The van der Waals surface area contributed by atoms with Crippen molar-refractivity contribution in [3.05, 3.63) is 57.5 Å². The van der Waals surface area contributed by atoms with Crippen LogP contribution in [-0.4, -0.2) is 22.3 Å². The van der Waals surface area contributed by atoms with E-state index in [-0.39, 0.29) is 16.4 Å². The number of furan rings is 1. The molecule has 0 radical (unpaired) electrons. The van der Waals surface area contributed by atoms with E-state index in [1.807, 2.05) is 0 Å². The van der Waals surface area contributed by atoms with Gasteiger partial charge in [0.25, 0.3) is 5.69 Å². The first-order chi connectivity index (χ1) is 13.0. The molecule has 1 aromatic carbocycles. The van der Waals surface area contributed by atoms with E-state index in [1.165, 1.54) is 37.8 Å². The van der Waals surface area contributed by atoms with Gasteiger partial charge in [-0.2, -0.15) is 5.10 Å². The van der Waals surface area contributed by atoms with Crippen LogP contribution in [0.4, 0.5) is 5.69 Å². The third-order valence-electron chi connectivity index (χ3n) is 4.47. The number of hydrazone groups is 1. The zero-order valence-corrected chi connectivity index (χ0v) is 15.8. The molecule has 2 aromatic rings. The van der Waals surface area contributed by atoms with Crippen LogP contribution in [0.25, 0.3) is 0 Å². The lowest BCUT2D eigenvalue weighted by molar-refractivity contribution is -0.387. The van der Waals surface area contributed by atoms with Crippen molar-refractivity contribution < 1.29 is 14.1 Å². The van der Waals surface area contributed by atoms with Crippen LogP contribution in [0, 0.1) is 17.0 Å². The Balaban J connectivity index is 1.68. The second-order valence-corrected chi connectivity index (χ2v) is 7.84. The van der Waals surface area contributed by atoms with Crippen LogP contribution < -0.4 is 5.43 Å². The number of aryl methyl sites for hydroxylation is 1. The third-order valence-corrected chi connectivity index (χ3v) is 5.88. The van der Waals surface area contributed by atoms with Gasteiger partial charge in [0.2, 0.25) is 0 Å². The maximum Gasteiger partial charge on any atom is 0.307 e. The monoisotopic (exact) mass is 387 g/mol. The van der Waals surface area contributed by atoms with E-state index in [0.29, 0.717) is 21.3 Å². The van der Waals surface area contributed by atoms with Gasteiger partial charge in [0.05, 0.1) is 22.3 Å². The molecule has 1 fully saturated rings. The van der Waals surface area contributed by atoms with Crippen molar-refractivity contribution in [1.82, 2.24) is 5.43 Å². The molecule has 0 atom stereocenters. The zero-order chi connectivity index (χ0) is 19.2. The van der Waals surface area contributed by atoms with Gasteiger partial charge in [0, 0.05) is 22.4 Å². The molecule has 1 heterocycles. The maximum absolute atomic E-state index is 11.9. The Hall–Kier alpha value is -2.61. The number of carbonyl (C=O) groups is 1. The van der Waals surface area contributed by atoms with Gasteiger partial charge in [0.15, 0.2) is 5.76 Å². The average Bonchev–Trinajstić information content (AvgIpc) is 3.09. The topological polar surface area (TPSA) is 97.7 Å². The van der Waals surface area contributed by atoms with Crippen LogP contribution in [0.1, 0.15) is 53.8 Å². The molecule has 8 heteroatoms. The normalized spacial score (nSPS) is 15.1. The fourth-order valence-corrected chi connectivity index (χ4v) is 4.37. The number of hydrogen-bond acceptors (Lipinski definition) is 6. The van der Waals surface area contributed by atoms with Crippen LogP contribution in [0.5, 0.6) is 0 Å². The number of thioether (sulfide) groups is 1. The Bertz CT molecular complexity index is 856. The van der Waals surface area contributed by atoms with E-state index in [2.05, 4.69) is 10.5 Å². The highest BCUT2D eigenvalue weighted by molar-refractivity contribution is 8.00. The number of nitrogens with one attached hydrogen (secondary N) is 1. The van der Waals surface area contributed by atoms with E-state index in [4.69, 9.17) is 4.42 Å². The molecular formula is C19H21N3O4S. The number of nitro benzene ring substituents is 1. The molecule has 0 unspecified atom stereocenters. The van der Waals surface area contributed by atoms with E-state index < -0.39 is 5.91 Å². The Morgan fingerprint density at radius 1 is 1.33 bits per heavy atom. The van der Waals surface area contributed by atoms with Gasteiger partial charge < -0.3 is 4.42 Å². The minimum Gasteiger partial charge on any atom is -0.459 e. The molecule has 0 bridgehead atoms. The quantitative estimate of drug-likeness (QED) is 0.441. The summed E-state index contributed by atoms with van der Waals surface area (Å²) in [6.45, 7) is 1.76. The number of nitro groups is 1. The average molecular weight is 387 g/mol. The number of carbonyl (C=O) groups excluding carboxylic acids is 1. The molecule has 1 aliphatic rings. The fourth-order valence-electron chi connectivity index (χ4n) is 3.04. The van der Waals surface area contributed by atoms with E-state index >= 15 is 0 Å². The lowest BCUT2D eigenvalue weighted by Gasteiger charge is -2.20. The number of benzene rings is 1. The molecule has 0 spiro atoms. The predicted molar refractivity (Wildman–Crippen MR) is 104 cm³/mol.